The second-order valence-corrected chi connectivity index (χ2v) is 2.41. The summed E-state index contributed by atoms with van der Waals surface area (Å²) in [5.41, 5.74) is 0. The first-order chi connectivity index (χ1) is 4.55. The molecule has 1 heterocycles. The van der Waals surface area contributed by atoms with Gasteiger partial charge in [0.2, 0.25) is 0 Å². The third-order valence-corrected chi connectivity index (χ3v) is 1.67. The lowest BCUT2D eigenvalue weighted by Gasteiger charge is -2.31. The molecular formula is C6H10O4. The van der Waals surface area contributed by atoms with Crippen molar-refractivity contribution in [3.8, 4) is 0 Å². The quantitative estimate of drug-likeness (QED) is 0.432. The van der Waals surface area contributed by atoms with E-state index in [1.165, 1.54) is 6.92 Å². The number of Topliss-reactive ketones (excluding diaryl/α,β-unsaturated/α-hetero) is 1. The van der Waals surface area contributed by atoms with E-state index in [0.29, 0.717) is 0 Å². The minimum absolute atomic E-state index is 0.0807. The Morgan fingerprint density at radius 2 is 2.30 bits per heavy atom. The van der Waals surface area contributed by atoms with Crippen LogP contribution in [0.5, 0.6) is 0 Å². The van der Waals surface area contributed by atoms with Crippen molar-refractivity contribution in [1.29, 1.82) is 0 Å². The van der Waals surface area contributed by atoms with Crippen molar-refractivity contribution in [3.05, 3.63) is 0 Å². The van der Waals surface area contributed by atoms with E-state index in [1.54, 1.807) is 0 Å². The monoisotopic (exact) mass is 146 g/mol. The van der Waals surface area contributed by atoms with Crippen LogP contribution in [0.4, 0.5) is 0 Å². The van der Waals surface area contributed by atoms with Crippen molar-refractivity contribution < 1.29 is 19.7 Å². The summed E-state index contributed by atoms with van der Waals surface area (Å²) in [5.74, 6) is -2.83. The molecule has 1 saturated heterocycles. The summed E-state index contributed by atoms with van der Waals surface area (Å²) in [7, 11) is 0. The van der Waals surface area contributed by atoms with Gasteiger partial charge in [-0.1, -0.05) is 0 Å². The number of carbonyl (C=O) groups excluding carboxylic acids is 1. The molecule has 0 saturated carbocycles. The second-order valence-electron chi connectivity index (χ2n) is 2.41. The van der Waals surface area contributed by atoms with Crippen LogP contribution < -0.4 is 0 Å². The molecule has 58 valence electrons. The molecule has 10 heavy (non-hydrogen) atoms. The van der Waals surface area contributed by atoms with Gasteiger partial charge in [-0.05, 0) is 6.92 Å². The molecule has 0 aliphatic carbocycles. The first-order valence-electron chi connectivity index (χ1n) is 3.15. The Bertz CT molecular complexity index is 152. The Hall–Kier alpha value is -0.450. The maximum absolute atomic E-state index is 10.7. The number of carbonyl (C=O) groups is 1. The van der Waals surface area contributed by atoms with Gasteiger partial charge in [-0.15, -0.1) is 0 Å². The summed E-state index contributed by atoms with van der Waals surface area (Å²) >= 11 is 0. The lowest BCUT2D eigenvalue weighted by atomic mass is 10.0. The summed E-state index contributed by atoms with van der Waals surface area (Å²) in [5, 5.41) is 18.0. The Labute approximate surface area is 58.4 Å². The molecule has 1 rings (SSSR count). The fourth-order valence-corrected chi connectivity index (χ4v) is 0.855. The molecule has 1 fully saturated rings. The maximum Gasteiger partial charge on any atom is 0.250 e. The van der Waals surface area contributed by atoms with Crippen LogP contribution in [-0.4, -0.2) is 34.5 Å². The molecule has 1 atom stereocenters. The molecule has 2 N–H and O–H groups in total. The summed E-state index contributed by atoms with van der Waals surface area (Å²) < 4.78 is 4.84. The van der Waals surface area contributed by atoms with Crippen LogP contribution in [-0.2, 0) is 9.53 Å². The molecule has 0 amide bonds. The summed E-state index contributed by atoms with van der Waals surface area (Å²) in [4.78, 5) is 10.7. The average Bonchev–Trinajstić information content (AvgIpc) is 1.84. The molecule has 4 nitrogen and oxygen atoms in total. The highest BCUT2D eigenvalue weighted by atomic mass is 16.6. The summed E-state index contributed by atoms with van der Waals surface area (Å²) in [6.45, 7) is 1.74. The van der Waals surface area contributed by atoms with Gasteiger partial charge in [-0.25, -0.2) is 0 Å². The van der Waals surface area contributed by atoms with Crippen molar-refractivity contribution in [3.63, 3.8) is 0 Å². The van der Waals surface area contributed by atoms with Gasteiger partial charge in [-0.2, -0.15) is 0 Å². The van der Waals surface area contributed by atoms with Crippen molar-refractivity contribution in [2.45, 2.75) is 25.2 Å². The fourth-order valence-electron chi connectivity index (χ4n) is 0.855. The Balaban J connectivity index is 2.73. The van der Waals surface area contributed by atoms with E-state index in [0.717, 1.165) is 0 Å². The van der Waals surface area contributed by atoms with E-state index in [1.807, 2.05) is 0 Å². The molecular weight excluding hydrogens is 136 g/mol. The van der Waals surface area contributed by atoms with E-state index in [-0.39, 0.29) is 13.0 Å². The van der Waals surface area contributed by atoms with Crippen LogP contribution in [0.3, 0.4) is 0 Å². The molecule has 4 heteroatoms. The van der Waals surface area contributed by atoms with Crippen LogP contribution in [0.2, 0.25) is 0 Å². The van der Waals surface area contributed by atoms with Gasteiger partial charge < -0.3 is 14.9 Å². The van der Waals surface area contributed by atoms with E-state index in [4.69, 9.17) is 14.9 Å². The number of ether oxygens (including phenoxy) is 1. The number of ketones is 1. The van der Waals surface area contributed by atoms with Crippen molar-refractivity contribution in [2.24, 2.45) is 0 Å². The van der Waals surface area contributed by atoms with E-state index < -0.39 is 17.7 Å². The molecule has 0 aromatic carbocycles. The average molecular weight is 146 g/mol. The van der Waals surface area contributed by atoms with E-state index in [9.17, 15) is 4.79 Å². The van der Waals surface area contributed by atoms with E-state index in [2.05, 4.69) is 0 Å². The standard InChI is InChI=1S/C6H10O4/c1-4-6(8,9)5(7)2-3-10-4/h4,8-9H,2-3H2,1H3. The zero-order chi connectivity index (χ0) is 7.78. The number of hydrogen-bond donors (Lipinski definition) is 2. The SMILES string of the molecule is CC1OCCC(=O)C1(O)O. The van der Waals surface area contributed by atoms with Crippen molar-refractivity contribution in [2.75, 3.05) is 6.61 Å². The van der Waals surface area contributed by atoms with Gasteiger partial charge in [0.1, 0.15) is 6.10 Å². The zero-order valence-electron chi connectivity index (χ0n) is 5.70. The molecule has 1 aliphatic rings. The fraction of sp³-hybridized carbons (Fsp3) is 0.833. The minimum atomic E-state index is -2.27. The maximum atomic E-state index is 10.7. The lowest BCUT2D eigenvalue weighted by Crippen LogP contribution is -2.53. The van der Waals surface area contributed by atoms with Crippen molar-refractivity contribution >= 4 is 5.78 Å². The number of hydrogen-bond acceptors (Lipinski definition) is 4. The van der Waals surface area contributed by atoms with Crippen LogP contribution >= 0.6 is 0 Å². The third-order valence-electron chi connectivity index (χ3n) is 1.67. The molecule has 1 aliphatic heterocycles. The lowest BCUT2D eigenvalue weighted by molar-refractivity contribution is -0.239. The van der Waals surface area contributed by atoms with Crippen LogP contribution in [0.25, 0.3) is 0 Å². The first-order valence-corrected chi connectivity index (χ1v) is 3.15. The molecule has 1 unspecified atom stereocenters. The normalized spacial score (nSPS) is 32.3. The summed E-state index contributed by atoms with van der Waals surface area (Å²) in [6, 6.07) is 0. The molecule has 0 spiro atoms. The third kappa shape index (κ3) is 1.05. The van der Waals surface area contributed by atoms with Gasteiger partial charge >= 0.3 is 0 Å². The predicted molar refractivity (Wildman–Crippen MR) is 32.2 cm³/mol. The van der Waals surface area contributed by atoms with Crippen LogP contribution in [0, 0.1) is 0 Å². The smallest absolute Gasteiger partial charge is 0.250 e. The molecule has 0 radical (unpaired) electrons. The van der Waals surface area contributed by atoms with E-state index >= 15 is 0 Å². The van der Waals surface area contributed by atoms with Crippen molar-refractivity contribution in [1.82, 2.24) is 0 Å². The molecule has 0 aromatic heterocycles. The zero-order valence-corrected chi connectivity index (χ0v) is 5.70. The van der Waals surface area contributed by atoms with Gasteiger partial charge in [-0.3, -0.25) is 4.79 Å². The van der Waals surface area contributed by atoms with Crippen LogP contribution in [0.1, 0.15) is 13.3 Å². The topological polar surface area (TPSA) is 66.8 Å². The Kier molecular flexibility index (Phi) is 1.76. The Morgan fingerprint density at radius 3 is 2.70 bits per heavy atom. The largest absolute Gasteiger partial charge is 0.372 e. The highest BCUT2D eigenvalue weighted by molar-refractivity contribution is 5.86. The van der Waals surface area contributed by atoms with Crippen LogP contribution in [0.15, 0.2) is 0 Å². The van der Waals surface area contributed by atoms with Gasteiger partial charge in [0.25, 0.3) is 5.79 Å². The summed E-state index contributed by atoms with van der Waals surface area (Å²) in [6.07, 6.45) is -0.731. The first kappa shape index (κ1) is 7.65. The number of aliphatic hydroxyl groups is 2. The predicted octanol–water partition coefficient (Wildman–Crippen LogP) is -0.955. The van der Waals surface area contributed by atoms with Gasteiger partial charge in [0, 0.05) is 6.42 Å². The van der Waals surface area contributed by atoms with Gasteiger partial charge in [0.15, 0.2) is 5.78 Å². The Morgan fingerprint density at radius 1 is 1.70 bits per heavy atom. The minimum Gasteiger partial charge on any atom is -0.372 e. The highest BCUT2D eigenvalue weighted by Gasteiger charge is 2.42. The molecule has 0 aromatic rings. The van der Waals surface area contributed by atoms with Gasteiger partial charge in [0.05, 0.1) is 6.61 Å². The highest BCUT2D eigenvalue weighted by Crippen LogP contribution is 2.18. The molecule has 0 bridgehead atoms. The second kappa shape index (κ2) is 2.30. The number of rotatable bonds is 0.